The van der Waals surface area contributed by atoms with Gasteiger partial charge in [0, 0.05) is 61.8 Å². The van der Waals surface area contributed by atoms with E-state index in [1.165, 1.54) is 27.9 Å². The number of benzene rings is 2. The van der Waals surface area contributed by atoms with Crippen LogP contribution in [0.25, 0.3) is 0 Å². The number of imidazole rings is 1. The molecule has 0 bridgehead atoms. The summed E-state index contributed by atoms with van der Waals surface area (Å²) in [6.07, 6.45) is -1.37. The molecule has 0 spiro atoms. The van der Waals surface area contributed by atoms with Gasteiger partial charge < -0.3 is 19.7 Å². The predicted molar refractivity (Wildman–Crippen MR) is 181 cm³/mol. The van der Waals surface area contributed by atoms with Crippen LogP contribution in [0.4, 0.5) is 38.0 Å². The maximum atomic E-state index is 17.0. The Kier molecular flexibility index (Phi) is 14.1. The number of aliphatic carboxylic acids is 1. The SMILES string of the molecule is CC(C)(CO)N1C[C@@H](c2ccc(F)cc2F)[C@](F)(C(=O)Nc2nccn2Cc2ccc(C(F)(F)F)cc2N2CCC(C(=O)O)CC2)C1.Cl.Cl.Cl. The minimum Gasteiger partial charge on any atom is -0.481 e. The monoisotopic (exact) mass is 775 g/mol. The molecule has 0 unspecified atom stereocenters. The number of hydrogen-bond acceptors (Lipinski definition) is 6. The van der Waals surface area contributed by atoms with E-state index in [2.05, 4.69) is 10.3 Å². The van der Waals surface area contributed by atoms with Crippen LogP contribution in [0.15, 0.2) is 48.8 Å². The van der Waals surface area contributed by atoms with Gasteiger partial charge in [-0.05, 0) is 56.0 Å². The molecule has 0 radical (unpaired) electrons. The molecule has 2 aliphatic rings. The lowest BCUT2D eigenvalue weighted by Crippen LogP contribution is -2.49. The van der Waals surface area contributed by atoms with Gasteiger partial charge in [-0.2, -0.15) is 13.2 Å². The lowest BCUT2D eigenvalue weighted by atomic mass is 9.85. The highest BCUT2D eigenvalue weighted by Crippen LogP contribution is 2.44. The minimum atomic E-state index is -4.63. The van der Waals surface area contributed by atoms with Crippen molar-refractivity contribution in [2.24, 2.45) is 5.92 Å². The Hall–Kier alpha value is -3.24. The molecule has 2 fully saturated rings. The molecule has 9 nitrogen and oxygen atoms in total. The number of aliphatic hydroxyl groups excluding tert-OH is 1. The van der Waals surface area contributed by atoms with Crippen LogP contribution in [0, 0.1) is 17.6 Å². The first kappa shape index (κ1) is 42.9. The first-order valence-electron chi connectivity index (χ1n) is 15.0. The highest BCUT2D eigenvalue weighted by Gasteiger charge is 2.57. The normalized spacial score (nSPS) is 20.0. The van der Waals surface area contributed by atoms with E-state index in [1.54, 1.807) is 18.7 Å². The van der Waals surface area contributed by atoms with Crippen LogP contribution in [0.5, 0.6) is 0 Å². The molecule has 3 aromatic rings. The summed E-state index contributed by atoms with van der Waals surface area (Å²) < 4.78 is 88.0. The second kappa shape index (κ2) is 16.4. The molecular weight excluding hydrogens is 739 g/mol. The smallest absolute Gasteiger partial charge is 0.416 e. The summed E-state index contributed by atoms with van der Waals surface area (Å²) >= 11 is 0. The average molecular weight is 777 g/mol. The molecule has 2 saturated heterocycles. The summed E-state index contributed by atoms with van der Waals surface area (Å²) in [7, 11) is 0. The molecule has 2 aliphatic heterocycles. The molecule has 5 rings (SSSR count). The standard InChI is InChI=1S/C32H35F6N5O4.3ClH/c1-30(2,18-44)43-16-24(23-6-5-22(33)14-25(23)34)31(35,17-43)28(47)40-29-39-9-12-42(29)15-20-3-4-21(32(36,37)38)13-26(20)41-10-7-19(8-11-41)27(45)46;;;/h3-6,9,12-14,19,24,44H,7-8,10-11,15-18H2,1-2H3,(H,45,46)(H,39,40,47);3*1H/t24-,31-;;;/m0.../s1. The van der Waals surface area contributed by atoms with E-state index in [0.29, 0.717) is 11.6 Å². The van der Waals surface area contributed by atoms with Gasteiger partial charge in [-0.3, -0.25) is 19.8 Å². The van der Waals surface area contributed by atoms with Gasteiger partial charge in [-0.15, -0.1) is 37.2 Å². The second-order valence-electron chi connectivity index (χ2n) is 12.7. The zero-order valence-corrected chi connectivity index (χ0v) is 29.4. The number of nitrogens with one attached hydrogen (secondary N) is 1. The van der Waals surface area contributed by atoms with Gasteiger partial charge >= 0.3 is 12.1 Å². The number of alkyl halides is 4. The van der Waals surface area contributed by atoms with Gasteiger partial charge in [0.15, 0.2) is 0 Å². The average Bonchev–Trinajstić information content (AvgIpc) is 3.61. The Morgan fingerprint density at radius 2 is 1.70 bits per heavy atom. The summed E-state index contributed by atoms with van der Waals surface area (Å²) in [4.78, 5) is 32.5. The van der Waals surface area contributed by atoms with Gasteiger partial charge in [0.2, 0.25) is 11.6 Å². The number of likely N-dealkylation sites (tertiary alicyclic amines) is 1. The van der Waals surface area contributed by atoms with Crippen molar-refractivity contribution in [3.63, 3.8) is 0 Å². The fourth-order valence-electron chi connectivity index (χ4n) is 6.22. The first-order chi connectivity index (χ1) is 22.0. The van der Waals surface area contributed by atoms with Gasteiger partial charge in [0.1, 0.15) is 11.6 Å². The molecule has 0 aliphatic carbocycles. The number of carbonyl (C=O) groups excluding carboxylic acids is 1. The van der Waals surface area contributed by atoms with Crippen molar-refractivity contribution in [3.05, 3.63) is 77.1 Å². The second-order valence-corrected chi connectivity index (χ2v) is 12.7. The molecule has 2 aromatic carbocycles. The number of rotatable bonds is 9. The zero-order chi connectivity index (χ0) is 34.3. The van der Waals surface area contributed by atoms with Crippen molar-refractivity contribution in [2.75, 3.05) is 43.0 Å². The molecule has 3 N–H and O–H groups in total. The van der Waals surface area contributed by atoms with E-state index in [0.717, 1.165) is 24.3 Å². The van der Waals surface area contributed by atoms with Gasteiger partial charge in [-0.25, -0.2) is 18.2 Å². The maximum absolute atomic E-state index is 17.0. The third-order valence-electron chi connectivity index (χ3n) is 9.21. The van der Waals surface area contributed by atoms with Crippen molar-refractivity contribution in [2.45, 2.75) is 56.5 Å². The zero-order valence-electron chi connectivity index (χ0n) is 26.9. The number of piperidine rings is 1. The highest BCUT2D eigenvalue weighted by molar-refractivity contribution is 5.97. The third-order valence-corrected chi connectivity index (χ3v) is 9.21. The Bertz CT molecular complexity index is 1650. The van der Waals surface area contributed by atoms with Crippen LogP contribution in [-0.2, 0) is 22.3 Å². The van der Waals surface area contributed by atoms with E-state index < -0.39 is 71.4 Å². The number of aromatic nitrogens is 2. The van der Waals surface area contributed by atoms with Crippen LogP contribution < -0.4 is 10.2 Å². The quantitative estimate of drug-likeness (QED) is 0.219. The predicted octanol–water partition coefficient (Wildman–Crippen LogP) is 6.31. The van der Waals surface area contributed by atoms with E-state index in [-0.39, 0.29) is 93.4 Å². The minimum absolute atomic E-state index is 0. The molecular formula is C32H38Cl3F6N5O4. The van der Waals surface area contributed by atoms with Gasteiger partial charge in [0.25, 0.3) is 5.91 Å². The fraction of sp³-hybridized carbons (Fsp3) is 0.469. The number of carbonyl (C=O) groups is 2. The maximum Gasteiger partial charge on any atom is 0.416 e. The largest absolute Gasteiger partial charge is 0.481 e. The van der Waals surface area contributed by atoms with E-state index in [4.69, 9.17) is 0 Å². The third kappa shape index (κ3) is 8.79. The first-order valence-corrected chi connectivity index (χ1v) is 15.0. The Morgan fingerprint density at radius 3 is 2.28 bits per heavy atom. The number of anilines is 2. The van der Waals surface area contributed by atoms with Gasteiger partial charge in [-0.1, -0.05) is 12.1 Å². The summed E-state index contributed by atoms with van der Waals surface area (Å²) in [5.74, 6) is -6.15. The van der Waals surface area contributed by atoms with Crippen molar-refractivity contribution in [1.82, 2.24) is 14.5 Å². The molecule has 278 valence electrons. The van der Waals surface area contributed by atoms with E-state index in [9.17, 15) is 41.8 Å². The molecule has 50 heavy (non-hydrogen) atoms. The van der Waals surface area contributed by atoms with E-state index in [1.807, 2.05) is 0 Å². The Balaban J connectivity index is 0.00000289. The van der Waals surface area contributed by atoms with E-state index >= 15 is 4.39 Å². The number of aliphatic hydroxyl groups is 1. The van der Waals surface area contributed by atoms with Crippen LogP contribution in [0.1, 0.15) is 49.3 Å². The Morgan fingerprint density at radius 1 is 1.04 bits per heavy atom. The summed E-state index contributed by atoms with van der Waals surface area (Å²) in [5, 5.41) is 21.7. The van der Waals surface area contributed by atoms with Crippen LogP contribution in [0.2, 0.25) is 0 Å². The molecule has 2 atom stereocenters. The molecule has 18 heteroatoms. The molecule has 0 saturated carbocycles. The highest BCUT2D eigenvalue weighted by atomic mass is 35.5. The summed E-state index contributed by atoms with van der Waals surface area (Å²) in [6.45, 7) is 2.53. The molecule has 1 aromatic heterocycles. The van der Waals surface area contributed by atoms with Crippen molar-refractivity contribution in [1.29, 1.82) is 0 Å². The summed E-state index contributed by atoms with van der Waals surface area (Å²) in [6, 6.07) is 5.87. The lowest BCUT2D eigenvalue weighted by Gasteiger charge is -2.34. The lowest BCUT2D eigenvalue weighted by molar-refractivity contribution is -0.142. The van der Waals surface area contributed by atoms with Crippen LogP contribution in [0.3, 0.4) is 0 Å². The number of nitrogens with zero attached hydrogens (tertiary/aromatic N) is 4. The number of carboxylic acid groups (broad SMARTS) is 1. The molecule has 1 amide bonds. The van der Waals surface area contributed by atoms with Gasteiger partial charge in [0.05, 0.1) is 24.6 Å². The number of carboxylic acids is 1. The van der Waals surface area contributed by atoms with Crippen LogP contribution >= 0.6 is 37.2 Å². The van der Waals surface area contributed by atoms with Crippen molar-refractivity contribution < 1.29 is 46.1 Å². The Labute approximate surface area is 303 Å². The van der Waals surface area contributed by atoms with Crippen molar-refractivity contribution in [3.8, 4) is 0 Å². The fourth-order valence-corrected chi connectivity index (χ4v) is 6.22. The van der Waals surface area contributed by atoms with Crippen molar-refractivity contribution >= 4 is 60.7 Å². The summed E-state index contributed by atoms with van der Waals surface area (Å²) in [5.41, 5.74) is -4.19. The number of amides is 1. The number of halogens is 9. The molecule has 3 heterocycles. The number of hydrogen-bond donors (Lipinski definition) is 3. The van der Waals surface area contributed by atoms with Crippen LogP contribution in [-0.4, -0.2) is 80.5 Å². The topological polar surface area (TPSA) is 111 Å².